The van der Waals surface area contributed by atoms with Gasteiger partial charge in [0.15, 0.2) is 0 Å². The molecule has 3 aromatic rings. The Hall–Kier alpha value is -3.14. The lowest BCUT2D eigenvalue weighted by molar-refractivity contribution is -0.111. The number of carbonyl (C=O) groups excluding carboxylic acids is 1. The van der Waals surface area contributed by atoms with Gasteiger partial charge in [-0.2, -0.15) is 0 Å². The van der Waals surface area contributed by atoms with Crippen LogP contribution in [0.3, 0.4) is 0 Å². The summed E-state index contributed by atoms with van der Waals surface area (Å²) in [6.07, 6.45) is 8.80. The summed E-state index contributed by atoms with van der Waals surface area (Å²) in [5.74, 6) is -0.173. The Labute approximate surface area is 172 Å². The number of rotatable bonds is 8. The van der Waals surface area contributed by atoms with Gasteiger partial charge in [-0.25, -0.2) is 0 Å². The summed E-state index contributed by atoms with van der Waals surface area (Å²) in [6.45, 7) is 4.31. The first-order valence-electron chi connectivity index (χ1n) is 10.4. The van der Waals surface area contributed by atoms with Crippen molar-refractivity contribution >= 4 is 34.3 Å². The van der Waals surface area contributed by atoms with Gasteiger partial charge in [0, 0.05) is 28.5 Å². The third-order valence-corrected chi connectivity index (χ3v) is 4.89. The van der Waals surface area contributed by atoms with Crippen molar-refractivity contribution in [2.75, 3.05) is 11.1 Å². The molecule has 3 N–H and O–H groups in total. The monoisotopic (exact) mass is 387 g/mol. The molecule has 0 radical (unpaired) electrons. The number of amides is 1. The van der Waals surface area contributed by atoms with Crippen molar-refractivity contribution < 1.29 is 4.79 Å². The quantitative estimate of drug-likeness (QED) is 0.483. The van der Waals surface area contributed by atoms with E-state index in [9.17, 15) is 4.79 Å². The van der Waals surface area contributed by atoms with Crippen molar-refractivity contribution in [3.8, 4) is 0 Å². The Morgan fingerprint density at radius 1 is 1.03 bits per heavy atom. The number of pyridine rings is 1. The van der Waals surface area contributed by atoms with Crippen LogP contribution in [0.1, 0.15) is 49.9 Å². The van der Waals surface area contributed by atoms with Gasteiger partial charge in [0.25, 0.3) is 0 Å². The zero-order chi connectivity index (χ0) is 20.6. The number of aryl methyl sites for hydroxylation is 2. The van der Waals surface area contributed by atoms with Crippen LogP contribution in [0.2, 0.25) is 0 Å². The average Bonchev–Trinajstić information content (AvgIpc) is 2.72. The van der Waals surface area contributed by atoms with Crippen molar-refractivity contribution in [2.24, 2.45) is 0 Å². The molecule has 1 aromatic heterocycles. The standard InChI is InChI=1S/C25H29N3O/c1-3-5-7-18-8-10-19(11-9-18)12-15-25(29)28-21-13-14-24-22(16-21)23(26)17-20(27-24)6-4-2/h8-17H,3-7H2,1-2H3,(H2,26,27)(H,28,29)/b15-12+. The Morgan fingerprint density at radius 2 is 1.83 bits per heavy atom. The number of hydrogen-bond donors (Lipinski definition) is 2. The SMILES string of the molecule is CCCCc1ccc(/C=C/C(=O)Nc2ccc3nc(CCC)cc(N)c3c2)cc1. The average molecular weight is 388 g/mol. The smallest absolute Gasteiger partial charge is 0.248 e. The van der Waals surface area contributed by atoms with Gasteiger partial charge in [-0.05, 0) is 60.7 Å². The third-order valence-electron chi connectivity index (χ3n) is 4.89. The molecule has 29 heavy (non-hydrogen) atoms. The molecule has 0 aliphatic carbocycles. The summed E-state index contributed by atoms with van der Waals surface area (Å²) < 4.78 is 0. The largest absolute Gasteiger partial charge is 0.398 e. The normalized spacial score (nSPS) is 11.2. The summed E-state index contributed by atoms with van der Waals surface area (Å²) in [6, 6.07) is 15.9. The van der Waals surface area contributed by atoms with E-state index >= 15 is 0 Å². The van der Waals surface area contributed by atoms with Crippen LogP contribution in [0.15, 0.2) is 54.6 Å². The van der Waals surface area contributed by atoms with Crippen LogP contribution in [-0.2, 0) is 17.6 Å². The Balaban J connectivity index is 1.66. The molecular weight excluding hydrogens is 358 g/mol. The molecule has 0 aliphatic rings. The van der Waals surface area contributed by atoms with E-state index in [1.165, 1.54) is 18.4 Å². The van der Waals surface area contributed by atoms with Crippen LogP contribution in [0.5, 0.6) is 0 Å². The Morgan fingerprint density at radius 3 is 2.55 bits per heavy atom. The van der Waals surface area contributed by atoms with Crippen LogP contribution < -0.4 is 11.1 Å². The van der Waals surface area contributed by atoms with Crippen LogP contribution in [0.4, 0.5) is 11.4 Å². The number of benzene rings is 2. The van der Waals surface area contributed by atoms with E-state index in [1.54, 1.807) is 6.08 Å². The maximum Gasteiger partial charge on any atom is 0.248 e. The molecular formula is C25H29N3O. The van der Waals surface area contributed by atoms with Gasteiger partial charge >= 0.3 is 0 Å². The Kier molecular flexibility index (Phi) is 7.01. The van der Waals surface area contributed by atoms with Crippen molar-refractivity contribution in [2.45, 2.75) is 46.0 Å². The molecule has 1 amide bonds. The predicted molar refractivity (Wildman–Crippen MR) is 123 cm³/mol. The fraction of sp³-hybridized carbons (Fsp3) is 0.280. The van der Waals surface area contributed by atoms with E-state index in [2.05, 4.69) is 36.3 Å². The number of nitrogen functional groups attached to an aromatic ring is 1. The lowest BCUT2D eigenvalue weighted by Gasteiger charge is -2.08. The van der Waals surface area contributed by atoms with E-state index in [0.717, 1.165) is 41.4 Å². The minimum absolute atomic E-state index is 0.173. The number of carbonyl (C=O) groups is 1. The highest BCUT2D eigenvalue weighted by Gasteiger charge is 2.06. The number of unbranched alkanes of at least 4 members (excludes halogenated alkanes) is 1. The van der Waals surface area contributed by atoms with Crippen molar-refractivity contribution in [3.05, 3.63) is 71.4 Å². The lowest BCUT2D eigenvalue weighted by Crippen LogP contribution is -2.08. The second-order valence-corrected chi connectivity index (χ2v) is 7.35. The molecule has 2 aromatic carbocycles. The molecule has 0 fully saturated rings. The maximum atomic E-state index is 12.3. The molecule has 4 heteroatoms. The molecule has 0 saturated heterocycles. The van der Waals surface area contributed by atoms with Gasteiger partial charge < -0.3 is 11.1 Å². The number of fused-ring (bicyclic) bond motifs is 1. The van der Waals surface area contributed by atoms with E-state index in [0.29, 0.717) is 11.4 Å². The van der Waals surface area contributed by atoms with Crippen molar-refractivity contribution in [1.82, 2.24) is 4.98 Å². The van der Waals surface area contributed by atoms with Crippen LogP contribution >= 0.6 is 0 Å². The number of aromatic nitrogens is 1. The fourth-order valence-electron chi connectivity index (χ4n) is 3.30. The van der Waals surface area contributed by atoms with Crippen LogP contribution in [0.25, 0.3) is 17.0 Å². The molecule has 0 saturated carbocycles. The van der Waals surface area contributed by atoms with E-state index in [4.69, 9.17) is 5.73 Å². The van der Waals surface area contributed by atoms with Gasteiger partial charge in [0.1, 0.15) is 0 Å². The predicted octanol–water partition coefficient (Wildman–Crippen LogP) is 5.76. The number of nitrogens with two attached hydrogens (primary N) is 1. The van der Waals surface area contributed by atoms with E-state index in [-0.39, 0.29) is 5.91 Å². The zero-order valence-electron chi connectivity index (χ0n) is 17.2. The first-order valence-corrected chi connectivity index (χ1v) is 10.4. The van der Waals surface area contributed by atoms with Crippen molar-refractivity contribution in [1.29, 1.82) is 0 Å². The zero-order valence-corrected chi connectivity index (χ0v) is 17.2. The van der Waals surface area contributed by atoms with Gasteiger partial charge in [-0.1, -0.05) is 51.0 Å². The molecule has 4 nitrogen and oxygen atoms in total. The van der Waals surface area contributed by atoms with Gasteiger partial charge in [-0.15, -0.1) is 0 Å². The lowest BCUT2D eigenvalue weighted by atomic mass is 10.1. The third kappa shape index (κ3) is 5.67. The topological polar surface area (TPSA) is 68.0 Å². The van der Waals surface area contributed by atoms with Gasteiger partial charge in [0.05, 0.1) is 5.52 Å². The summed E-state index contributed by atoms with van der Waals surface area (Å²) >= 11 is 0. The highest BCUT2D eigenvalue weighted by molar-refractivity contribution is 6.03. The number of nitrogens with zero attached hydrogens (tertiary/aromatic N) is 1. The summed E-state index contributed by atoms with van der Waals surface area (Å²) in [7, 11) is 0. The maximum absolute atomic E-state index is 12.3. The minimum Gasteiger partial charge on any atom is -0.398 e. The molecule has 150 valence electrons. The molecule has 0 unspecified atom stereocenters. The molecule has 3 rings (SSSR count). The number of anilines is 2. The Bertz CT molecular complexity index is 1010. The van der Waals surface area contributed by atoms with Crippen LogP contribution in [-0.4, -0.2) is 10.9 Å². The molecule has 0 spiro atoms. The summed E-state index contributed by atoms with van der Waals surface area (Å²) in [4.78, 5) is 17.0. The first kappa shape index (κ1) is 20.6. The van der Waals surface area contributed by atoms with Crippen LogP contribution in [0, 0.1) is 0 Å². The minimum atomic E-state index is -0.173. The summed E-state index contributed by atoms with van der Waals surface area (Å²) in [5.41, 5.74) is 11.8. The molecule has 0 bridgehead atoms. The molecule has 0 atom stereocenters. The molecule has 1 heterocycles. The highest BCUT2D eigenvalue weighted by atomic mass is 16.1. The highest BCUT2D eigenvalue weighted by Crippen LogP contribution is 2.24. The van der Waals surface area contributed by atoms with Gasteiger partial charge in [-0.3, -0.25) is 9.78 Å². The number of nitrogens with one attached hydrogen (secondary N) is 1. The first-order chi connectivity index (χ1) is 14.1. The second kappa shape index (κ2) is 9.87. The second-order valence-electron chi connectivity index (χ2n) is 7.35. The fourth-order valence-corrected chi connectivity index (χ4v) is 3.30. The molecule has 0 aliphatic heterocycles. The van der Waals surface area contributed by atoms with Gasteiger partial charge in [0.2, 0.25) is 5.91 Å². The van der Waals surface area contributed by atoms with E-state index < -0.39 is 0 Å². The summed E-state index contributed by atoms with van der Waals surface area (Å²) in [5, 5.41) is 3.76. The van der Waals surface area contributed by atoms with E-state index in [1.807, 2.05) is 42.5 Å². The van der Waals surface area contributed by atoms with Crippen molar-refractivity contribution in [3.63, 3.8) is 0 Å². The number of hydrogen-bond acceptors (Lipinski definition) is 3.